The molecule has 0 spiro atoms. The number of benzene rings is 2. The molecule has 4 aromatic rings. The van der Waals surface area contributed by atoms with E-state index in [2.05, 4.69) is 57.2 Å². The van der Waals surface area contributed by atoms with Gasteiger partial charge in [-0.15, -0.1) is 0 Å². The molecule has 0 bridgehead atoms. The predicted molar refractivity (Wildman–Crippen MR) is 286 cm³/mol. The third-order valence-electron chi connectivity index (χ3n) is 13.0. The van der Waals surface area contributed by atoms with Gasteiger partial charge in [0.1, 0.15) is 42.3 Å². The van der Waals surface area contributed by atoms with Gasteiger partial charge in [0.05, 0.1) is 12.9 Å². The van der Waals surface area contributed by atoms with Gasteiger partial charge in [-0.25, -0.2) is 4.98 Å². The number of amides is 9. The van der Waals surface area contributed by atoms with Crippen LogP contribution in [0.2, 0.25) is 0 Å². The number of imidazole rings is 1. The average Bonchev–Trinajstić information content (AvgIpc) is 4.20. The molecule has 77 heavy (non-hydrogen) atoms. The summed E-state index contributed by atoms with van der Waals surface area (Å²) >= 11 is 0. The van der Waals surface area contributed by atoms with E-state index in [0.717, 1.165) is 10.9 Å². The molecule has 17 N–H and O–H groups in total. The molecule has 9 amide bonds. The summed E-state index contributed by atoms with van der Waals surface area (Å²) in [7, 11) is 0. The van der Waals surface area contributed by atoms with Crippen LogP contribution in [0.25, 0.3) is 10.9 Å². The van der Waals surface area contributed by atoms with Crippen LogP contribution in [0, 0.1) is 5.92 Å². The molecule has 25 nitrogen and oxygen atoms in total. The minimum atomic E-state index is -1.35. The van der Waals surface area contributed by atoms with E-state index in [-0.39, 0.29) is 63.5 Å². The fraction of sp³-hybridized carbons (Fsp3) is 0.481. The molecular weight excluding hydrogens is 993 g/mol. The Bertz CT molecular complexity index is 2670. The first-order valence-electron chi connectivity index (χ1n) is 25.8. The maximum Gasteiger partial charge on any atom is 0.245 e. The van der Waals surface area contributed by atoms with Crippen LogP contribution in [0.3, 0.4) is 0 Å². The summed E-state index contributed by atoms with van der Waals surface area (Å²) in [4.78, 5) is 138. The van der Waals surface area contributed by atoms with Crippen LogP contribution in [0.1, 0.15) is 82.5 Å². The van der Waals surface area contributed by atoms with Crippen molar-refractivity contribution in [3.63, 3.8) is 0 Å². The quantitative estimate of drug-likeness (QED) is 0.0157. The summed E-state index contributed by atoms with van der Waals surface area (Å²) in [6.07, 6.45) is 6.65. The molecule has 3 heterocycles. The summed E-state index contributed by atoms with van der Waals surface area (Å²) in [5.41, 5.74) is 25.1. The number of nitrogens with one attached hydrogen (secondary N) is 9. The Hall–Kier alpha value is -8.35. The first kappa shape index (κ1) is 59.5. The van der Waals surface area contributed by atoms with E-state index in [1.54, 1.807) is 50.4 Å². The molecule has 25 heteroatoms. The van der Waals surface area contributed by atoms with E-state index in [0.29, 0.717) is 49.0 Å². The Labute approximate surface area is 446 Å². The predicted octanol–water partition coefficient (Wildman–Crippen LogP) is -1.72. The molecule has 0 saturated carbocycles. The number of likely N-dealkylation sites (tertiary alicyclic amines) is 1. The van der Waals surface area contributed by atoms with Gasteiger partial charge in [0.25, 0.3) is 0 Å². The number of carbonyl (C=O) groups excluding carboxylic acids is 9. The molecule has 2 aromatic carbocycles. The zero-order chi connectivity index (χ0) is 56.0. The number of primary amides is 1. The molecular formula is C52H74N16O9. The second kappa shape index (κ2) is 29.7. The Balaban J connectivity index is 1.37. The van der Waals surface area contributed by atoms with Crippen LogP contribution in [0.15, 0.2) is 78.3 Å². The van der Waals surface area contributed by atoms with Gasteiger partial charge in [-0.05, 0) is 74.6 Å². The molecule has 2 aromatic heterocycles. The molecule has 1 saturated heterocycles. The molecule has 1 aliphatic rings. The summed E-state index contributed by atoms with van der Waals surface area (Å²) in [5.74, 6) is -6.53. The molecule has 5 rings (SSSR count). The molecule has 1 aliphatic heterocycles. The number of nitrogens with two attached hydrogens (primary N) is 4. The molecule has 0 radical (unpaired) electrons. The standard InChI is InChI=1S/C52H74N16O9/c1-30(2)44(45(54)71)67-50(76)42-19-12-22-68(42)51(77)38(17-9-10-20-53)63-43(70)28-60-46(72)40(24-33-26-59-36-16-8-7-15-35(33)36)66-47(73)37(18-11-21-58-52(55)56)64-48(74)39(23-32-13-5-4-6-14-32)65-49(75)41(62-31(3)69)25-34-27-57-29-61-34/h4-8,13-16,26-27,29-30,37-42,44,59H,9-12,17-25,28,53H2,1-3H3,(H2,54,71)(H,57,61)(H,60,72)(H,62,69)(H,63,70)(H,64,74)(H,65,75)(H,66,73)(H,67,76)(H4,55,56,58)/t37-,38-,39-,40-,41-,42-,44-/m0/s1. The van der Waals surface area contributed by atoms with Crippen molar-refractivity contribution >= 4 is 70.0 Å². The number of carbonyl (C=O) groups is 9. The highest BCUT2D eigenvalue weighted by Gasteiger charge is 2.39. The number of nitrogens with zero attached hydrogens (tertiary/aromatic N) is 3. The summed E-state index contributed by atoms with van der Waals surface area (Å²) < 4.78 is 0. The van der Waals surface area contributed by atoms with Gasteiger partial charge in [-0.2, -0.15) is 0 Å². The van der Waals surface area contributed by atoms with Gasteiger partial charge in [0.15, 0.2) is 5.96 Å². The van der Waals surface area contributed by atoms with Gasteiger partial charge < -0.3 is 75.0 Å². The molecule has 0 aliphatic carbocycles. The Kier molecular flexibility index (Phi) is 22.9. The van der Waals surface area contributed by atoms with E-state index in [9.17, 15) is 43.2 Å². The van der Waals surface area contributed by atoms with Gasteiger partial charge in [-0.3, -0.25) is 48.1 Å². The first-order chi connectivity index (χ1) is 36.8. The van der Waals surface area contributed by atoms with E-state index < -0.39 is 102 Å². The average molecular weight is 1070 g/mol. The molecule has 416 valence electrons. The third kappa shape index (κ3) is 18.5. The summed E-state index contributed by atoms with van der Waals surface area (Å²) in [6.45, 7) is 4.71. The van der Waals surface area contributed by atoms with Crippen LogP contribution >= 0.6 is 0 Å². The van der Waals surface area contributed by atoms with Crippen molar-refractivity contribution in [1.82, 2.24) is 57.1 Å². The second-order valence-corrected chi connectivity index (χ2v) is 19.4. The fourth-order valence-corrected chi connectivity index (χ4v) is 9.05. The van der Waals surface area contributed by atoms with E-state index in [1.165, 1.54) is 24.3 Å². The van der Waals surface area contributed by atoms with Crippen LogP contribution in [0.5, 0.6) is 0 Å². The van der Waals surface area contributed by atoms with Crippen molar-refractivity contribution < 1.29 is 43.2 Å². The summed E-state index contributed by atoms with van der Waals surface area (Å²) in [5, 5.41) is 19.7. The van der Waals surface area contributed by atoms with Crippen molar-refractivity contribution in [1.29, 1.82) is 0 Å². The Morgan fingerprint density at radius 1 is 0.727 bits per heavy atom. The molecule has 1 fully saturated rings. The number of aromatic nitrogens is 3. The van der Waals surface area contributed by atoms with Crippen molar-refractivity contribution in [3.8, 4) is 0 Å². The van der Waals surface area contributed by atoms with Gasteiger partial charge >= 0.3 is 0 Å². The van der Waals surface area contributed by atoms with E-state index in [4.69, 9.17) is 22.9 Å². The zero-order valence-corrected chi connectivity index (χ0v) is 43.8. The van der Waals surface area contributed by atoms with Crippen LogP contribution in [-0.4, -0.2) is 147 Å². The van der Waals surface area contributed by atoms with Crippen LogP contribution in [-0.2, 0) is 62.4 Å². The van der Waals surface area contributed by atoms with E-state index >= 15 is 0 Å². The normalized spacial score (nSPS) is 15.4. The number of hydrogen-bond donors (Lipinski definition) is 13. The lowest BCUT2D eigenvalue weighted by Crippen LogP contribution is -2.59. The number of para-hydroxylation sites is 1. The SMILES string of the molecule is CC(=O)N[C@@H](Cc1cnc[nH]1)C(=O)N[C@@H](Cc1ccccc1)C(=O)N[C@@H](CCCN=C(N)N)C(=O)N[C@@H](Cc1c[nH]c2ccccc12)C(=O)NCC(=O)N[C@@H](CCCCN)C(=O)N1CCC[C@H]1C(=O)N[C@H](C(N)=O)C(C)C. The highest BCUT2D eigenvalue weighted by Crippen LogP contribution is 2.22. The van der Waals surface area contributed by atoms with Crippen molar-refractivity contribution in [2.75, 3.05) is 26.2 Å². The number of H-pyrrole nitrogens is 2. The van der Waals surface area contributed by atoms with Gasteiger partial charge in [-0.1, -0.05) is 62.4 Å². The lowest BCUT2D eigenvalue weighted by Gasteiger charge is -2.30. The smallest absolute Gasteiger partial charge is 0.245 e. The lowest BCUT2D eigenvalue weighted by atomic mass is 10.0. The largest absolute Gasteiger partial charge is 0.370 e. The fourth-order valence-electron chi connectivity index (χ4n) is 9.05. The number of aliphatic imine (C=N–C) groups is 1. The number of guanidine groups is 1. The first-order valence-corrected chi connectivity index (χ1v) is 25.8. The maximum absolute atomic E-state index is 14.6. The molecule has 0 unspecified atom stereocenters. The highest BCUT2D eigenvalue weighted by molar-refractivity contribution is 5.98. The number of aromatic amines is 2. The van der Waals surface area contributed by atoms with E-state index in [1.807, 2.05) is 24.3 Å². The van der Waals surface area contributed by atoms with Crippen molar-refractivity contribution in [3.05, 3.63) is 90.1 Å². The van der Waals surface area contributed by atoms with Gasteiger partial charge in [0.2, 0.25) is 53.2 Å². The Morgan fingerprint density at radius 3 is 2.03 bits per heavy atom. The molecule has 7 atom stereocenters. The van der Waals surface area contributed by atoms with Crippen LogP contribution < -0.4 is 60.2 Å². The maximum atomic E-state index is 14.6. The van der Waals surface area contributed by atoms with Crippen molar-refractivity contribution in [2.45, 2.75) is 127 Å². The summed E-state index contributed by atoms with van der Waals surface area (Å²) in [6, 6.07) is 8.08. The highest BCUT2D eigenvalue weighted by atomic mass is 16.2. The second-order valence-electron chi connectivity index (χ2n) is 19.4. The van der Waals surface area contributed by atoms with Gasteiger partial charge in [0, 0.05) is 68.3 Å². The zero-order valence-electron chi connectivity index (χ0n) is 43.8. The Morgan fingerprint density at radius 2 is 1.38 bits per heavy atom. The monoisotopic (exact) mass is 1070 g/mol. The lowest BCUT2D eigenvalue weighted by molar-refractivity contribution is -0.142. The minimum Gasteiger partial charge on any atom is -0.370 e. The van der Waals surface area contributed by atoms with Crippen molar-refractivity contribution in [2.24, 2.45) is 33.8 Å². The minimum absolute atomic E-state index is 0.0195. The number of fused-ring (bicyclic) bond motifs is 1. The number of rotatable bonds is 30. The van der Waals surface area contributed by atoms with Crippen LogP contribution in [0.4, 0.5) is 0 Å². The third-order valence-corrected chi connectivity index (χ3v) is 13.0. The topological polar surface area (TPSA) is 402 Å². The number of unbranched alkanes of at least 4 members (excludes halogenated alkanes) is 1. The number of hydrogen-bond acceptors (Lipinski definition) is 12.